The van der Waals surface area contributed by atoms with Gasteiger partial charge in [0.05, 0.1) is 4.90 Å². The van der Waals surface area contributed by atoms with Crippen LogP contribution in [-0.2, 0) is 14.8 Å². The highest BCUT2D eigenvalue weighted by molar-refractivity contribution is 7.89. The normalized spacial score (nSPS) is 11.9. The zero-order valence-corrected chi connectivity index (χ0v) is 15.0. The lowest BCUT2D eigenvalue weighted by atomic mass is 10.2. The van der Waals surface area contributed by atoms with Crippen LogP contribution in [0.4, 0.5) is 0 Å². The molecule has 0 heterocycles. The van der Waals surface area contributed by atoms with Crippen LogP contribution in [0.15, 0.2) is 29.2 Å². The third-order valence-corrected chi connectivity index (χ3v) is 4.93. The fourth-order valence-electron chi connectivity index (χ4n) is 1.79. The van der Waals surface area contributed by atoms with Gasteiger partial charge in [-0.2, -0.15) is 0 Å². The van der Waals surface area contributed by atoms with Gasteiger partial charge in [0.25, 0.3) is 5.91 Å². The standard InChI is InChI=1S/C16H26N2O4S/c1-13(2)12-22-11-5-10-17-16(19)14-6-8-15(9-7-14)23(20,21)18(3)4/h6-9,13H,5,10-12H2,1-4H3,(H,17,19). The molecule has 6 nitrogen and oxygen atoms in total. The van der Waals surface area contributed by atoms with E-state index in [9.17, 15) is 13.2 Å². The van der Waals surface area contributed by atoms with E-state index < -0.39 is 10.0 Å². The summed E-state index contributed by atoms with van der Waals surface area (Å²) in [4.78, 5) is 12.1. The average Bonchev–Trinajstić information content (AvgIpc) is 2.50. The summed E-state index contributed by atoms with van der Waals surface area (Å²) in [5.74, 6) is 0.282. The van der Waals surface area contributed by atoms with Gasteiger partial charge in [-0.3, -0.25) is 4.79 Å². The Kier molecular flexibility index (Phi) is 7.67. The molecular formula is C16H26N2O4S. The fourth-order valence-corrected chi connectivity index (χ4v) is 2.69. The first-order valence-corrected chi connectivity index (χ1v) is 9.07. The smallest absolute Gasteiger partial charge is 0.251 e. The van der Waals surface area contributed by atoms with Gasteiger partial charge in [0.1, 0.15) is 0 Å². The van der Waals surface area contributed by atoms with Gasteiger partial charge in [-0.1, -0.05) is 13.8 Å². The summed E-state index contributed by atoms with van der Waals surface area (Å²) in [6, 6.07) is 5.91. The lowest BCUT2D eigenvalue weighted by Gasteiger charge is -2.11. The van der Waals surface area contributed by atoms with Crippen LogP contribution < -0.4 is 5.32 Å². The molecule has 23 heavy (non-hydrogen) atoms. The lowest BCUT2D eigenvalue weighted by Crippen LogP contribution is -2.26. The van der Waals surface area contributed by atoms with E-state index in [1.807, 2.05) is 0 Å². The first-order valence-electron chi connectivity index (χ1n) is 7.63. The Labute approximate surface area is 138 Å². The van der Waals surface area contributed by atoms with Gasteiger partial charge in [0, 0.05) is 39.4 Å². The Bertz CT molecular complexity index is 595. The summed E-state index contributed by atoms with van der Waals surface area (Å²) < 4.78 is 30.5. The molecule has 1 amide bonds. The molecule has 130 valence electrons. The van der Waals surface area contributed by atoms with E-state index in [1.54, 1.807) is 0 Å². The molecule has 0 radical (unpaired) electrons. The number of nitrogens with one attached hydrogen (secondary N) is 1. The van der Waals surface area contributed by atoms with Gasteiger partial charge in [-0.05, 0) is 36.6 Å². The van der Waals surface area contributed by atoms with Crippen molar-refractivity contribution in [2.45, 2.75) is 25.2 Å². The maximum atomic E-state index is 12.0. The van der Waals surface area contributed by atoms with Crippen molar-refractivity contribution in [2.24, 2.45) is 5.92 Å². The second-order valence-corrected chi connectivity index (χ2v) is 8.04. The van der Waals surface area contributed by atoms with Crippen molar-refractivity contribution in [1.29, 1.82) is 0 Å². The van der Waals surface area contributed by atoms with E-state index in [0.29, 0.717) is 24.6 Å². The summed E-state index contributed by atoms with van der Waals surface area (Å²) in [5, 5.41) is 2.79. The molecule has 0 saturated carbocycles. The van der Waals surface area contributed by atoms with Gasteiger partial charge >= 0.3 is 0 Å². The van der Waals surface area contributed by atoms with Crippen molar-refractivity contribution in [1.82, 2.24) is 9.62 Å². The molecular weight excluding hydrogens is 316 g/mol. The van der Waals surface area contributed by atoms with E-state index in [0.717, 1.165) is 17.3 Å². The molecule has 0 spiro atoms. The minimum Gasteiger partial charge on any atom is -0.381 e. The van der Waals surface area contributed by atoms with Crippen molar-refractivity contribution in [3.63, 3.8) is 0 Å². The predicted molar refractivity (Wildman–Crippen MR) is 89.9 cm³/mol. The largest absolute Gasteiger partial charge is 0.381 e. The maximum Gasteiger partial charge on any atom is 0.251 e. The topological polar surface area (TPSA) is 75.7 Å². The Morgan fingerprint density at radius 2 is 1.83 bits per heavy atom. The molecule has 0 aliphatic rings. The number of ether oxygens (including phenoxy) is 1. The van der Waals surface area contributed by atoms with Gasteiger partial charge in [-0.25, -0.2) is 12.7 Å². The highest BCUT2D eigenvalue weighted by Crippen LogP contribution is 2.13. The van der Waals surface area contributed by atoms with Gasteiger partial charge in [0.15, 0.2) is 0 Å². The molecule has 0 atom stereocenters. The monoisotopic (exact) mass is 342 g/mol. The third kappa shape index (κ3) is 6.29. The second-order valence-electron chi connectivity index (χ2n) is 5.89. The van der Waals surface area contributed by atoms with Crippen LogP contribution >= 0.6 is 0 Å². The Balaban J connectivity index is 2.46. The summed E-state index contributed by atoms with van der Waals surface area (Å²) in [7, 11) is -0.529. The van der Waals surface area contributed by atoms with Gasteiger partial charge in [-0.15, -0.1) is 0 Å². The molecule has 1 N–H and O–H groups in total. The maximum absolute atomic E-state index is 12.0. The van der Waals surface area contributed by atoms with Crippen molar-refractivity contribution in [2.75, 3.05) is 33.9 Å². The number of sulfonamides is 1. The van der Waals surface area contributed by atoms with E-state index in [4.69, 9.17) is 4.74 Å². The molecule has 1 rings (SSSR count). The Morgan fingerprint density at radius 1 is 1.22 bits per heavy atom. The second kappa shape index (κ2) is 9.00. The molecule has 0 fully saturated rings. The molecule has 0 aromatic heterocycles. The van der Waals surface area contributed by atoms with Gasteiger partial charge < -0.3 is 10.1 Å². The van der Waals surface area contributed by atoms with Crippen LogP contribution in [0.1, 0.15) is 30.6 Å². The SMILES string of the molecule is CC(C)COCCCNC(=O)c1ccc(S(=O)(=O)N(C)C)cc1. The van der Waals surface area contributed by atoms with Gasteiger partial charge in [0.2, 0.25) is 10.0 Å². The summed E-state index contributed by atoms with van der Waals surface area (Å²) >= 11 is 0. The van der Waals surface area contributed by atoms with Crippen molar-refractivity contribution in [3.8, 4) is 0 Å². The van der Waals surface area contributed by atoms with Crippen LogP contribution in [0.5, 0.6) is 0 Å². The minimum absolute atomic E-state index is 0.168. The number of amides is 1. The fraction of sp³-hybridized carbons (Fsp3) is 0.562. The number of hydrogen-bond donors (Lipinski definition) is 1. The molecule has 0 aliphatic heterocycles. The molecule has 7 heteroatoms. The van der Waals surface area contributed by atoms with Crippen molar-refractivity contribution >= 4 is 15.9 Å². The van der Waals surface area contributed by atoms with Crippen molar-refractivity contribution < 1.29 is 17.9 Å². The van der Waals surface area contributed by atoms with E-state index in [1.165, 1.54) is 38.4 Å². The number of carbonyl (C=O) groups is 1. The highest BCUT2D eigenvalue weighted by Gasteiger charge is 2.17. The number of rotatable bonds is 9. The number of nitrogens with zero attached hydrogens (tertiary/aromatic N) is 1. The zero-order valence-electron chi connectivity index (χ0n) is 14.2. The Morgan fingerprint density at radius 3 is 2.35 bits per heavy atom. The van der Waals surface area contributed by atoms with Crippen molar-refractivity contribution in [3.05, 3.63) is 29.8 Å². The van der Waals surface area contributed by atoms with E-state index in [2.05, 4.69) is 19.2 Å². The van der Waals surface area contributed by atoms with E-state index >= 15 is 0 Å². The number of hydrogen-bond acceptors (Lipinski definition) is 4. The van der Waals surface area contributed by atoms with E-state index in [-0.39, 0.29) is 10.8 Å². The average molecular weight is 342 g/mol. The summed E-state index contributed by atoms with van der Waals surface area (Å²) in [6.07, 6.45) is 0.742. The van der Waals surface area contributed by atoms with Crippen LogP contribution in [0.3, 0.4) is 0 Å². The zero-order chi connectivity index (χ0) is 17.5. The molecule has 0 bridgehead atoms. The van der Waals surface area contributed by atoms with Crippen LogP contribution in [0, 0.1) is 5.92 Å². The minimum atomic E-state index is -3.47. The molecule has 0 unspecified atom stereocenters. The molecule has 1 aromatic rings. The lowest BCUT2D eigenvalue weighted by molar-refractivity contribution is 0.0925. The van der Waals surface area contributed by atoms with Crippen LogP contribution in [-0.4, -0.2) is 52.5 Å². The first-order chi connectivity index (χ1) is 10.7. The molecule has 1 aromatic carbocycles. The quantitative estimate of drug-likeness (QED) is 0.694. The number of benzene rings is 1. The third-order valence-electron chi connectivity index (χ3n) is 3.10. The molecule has 0 aliphatic carbocycles. The Hall–Kier alpha value is -1.44. The first kappa shape index (κ1) is 19.6. The number of carbonyl (C=O) groups excluding carboxylic acids is 1. The molecule has 0 saturated heterocycles. The van der Waals surface area contributed by atoms with Crippen LogP contribution in [0.2, 0.25) is 0 Å². The summed E-state index contributed by atoms with van der Waals surface area (Å²) in [6.45, 7) is 6.02. The summed E-state index contributed by atoms with van der Waals surface area (Å²) in [5.41, 5.74) is 0.436. The highest BCUT2D eigenvalue weighted by atomic mass is 32.2. The predicted octanol–water partition coefficient (Wildman–Crippen LogP) is 1.73. The van der Waals surface area contributed by atoms with Crippen LogP contribution in [0.25, 0.3) is 0 Å².